The lowest BCUT2D eigenvalue weighted by Gasteiger charge is -2.22. The van der Waals surface area contributed by atoms with Crippen LogP contribution in [-0.4, -0.2) is 48.6 Å². The van der Waals surface area contributed by atoms with Gasteiger partial charge in [0.15, 0.2) is 6.61 Å². The van der Waals surface area contributed by atoms with E-state index < -0.39 is 18.5 Å². The maximum absolute atomic E-state index is 12.5. The topological polar surface area (TPSA) is 101 Å². The van der Waals surface area contributed by atoms with Crippen LogP contribution in [0.5, 0.6) is 11.5 Å². The summed E-state index contributed by atoms with van der Waals surface area (Å²) in [6.45, 7) is 0.0406. The van der Waals surface area contributed by atoms with E-state index in [2.05, 4.69) is 4.79 Å². The molecule has 1 amide bonds. The Morgan fingerprint density at radius 3 is 1.79 bits per heavy atom. The van der Waals surface area contributed by atoms with Crippen molar-refractivity contribution in [1.29, 1.82) is 0 Å². The summed E-state index contributed by atoms with van der Waals surface area (Å²) >= 11 is 0. The molecule has 0 N–H and O–H groups in total. The average molecular weight is 383 g/mol. The molecule has 0 heterocycles. The molecule has 0 atom stereocenters. The summed E-state index contributed by atoms with van der Waals surface area (Å²) in [4.78, 5) is 28.0. The number of hydrogen-bond acceptors (Lipinski definition) is 5. The van der Waals surface area contributed by atoms with Gasteiger partial charge in [0, 0.05) is 13.1 Å². The van der Waals surface area contributed by atoms with Gasteiger partial charge in [-0.1, -0.05) is 24.3 Å². The number of amides is 1. The van der Waals surface area contributed by atoms with Gasteiger partial charge >= 0.3 is 12.3 Å². The number of carbonyl (C=O) groups is 2. The molecule has 8 nitrogen and oxygen atoms in total. The monoisotopic (exact) mass is 383 g/mol. The van der Waals surface area contributed by atoms with Crippen LogP contribution in [0.1, 0.15) is 11.1 Å². The van der Waals surface area contributed by atoms with Crippen molar-refractivity contribution >= 4 is 18.1 Å². The van der Waals surface area contributed by atoms with Crippen LogP contribution < -0.4 is 9.47 Å². The molecule has 0 aliphatic heterocycles. The highest BCUT2D eigenvalue weighted by Gasteiger charge is 2.18. The Morgan fingerprint density at radius 1 is 0.929 bits per heavy atom. The SMILES string of the molecule is COc1ccc(CN(Cc2ccc(OC)cc2)C(=O)OCC(=O)C=[N+]=[N-])cc1. The van der Waals surface area contributed by atoms with E-state index in [-0.39, 0.29) is 13.1 Å². The Hall–Kier alpha value is -3.64. The maximum Gasteiger partial charge on any atom is 0.410 e. The van der Waals surface area contributed by atoms with Crippen molar-refractivity contribution in [2.24, 2.45) is 0 Å². The first kappa shape index (κ1) is 20.7. The predicted molar refractivity (Wildman–Crippen MR) is 101 cm³/mol. The van der Waals surface area contributed by atoms with Gasteiger partial charge in [-0.2, -0.15) is 4.79 Å². The summed E-state index contributed by atoms with van der Waals surface area (Å²) in [5, 5.41) is 0. The van der Waals surface area contributed by atoms with Crippen molar-refractivity contribution in [3.63, 3.8) is 0 Å². The second-order valence-corrected chi connectivity index (χ2v) is 5.82. The minimum Gasteiger partial charge on any atom is -0.497 e. The van der Waals surface area contributed by atoms with Gasteiger partial charge in [-0.3, -0.25) is 9.69 Å². The van der Waals surface area contributed by atoms with Crippen molar-refractivity contribution in [2.45, 2.75) is 13.1 Å². The van der Waals surface area contributed by atoms with Crippen molar-refractivity contribution < 1.29 is 28.6 Å². The molecule has 0 saturated carbocycles. The summed E-state index contributed by atoms with van der Waals surface area (Å²) in [5.74, 6) is 0.800. The van der Waals surface area contributed by atoms with Gasteiger partial charge in [-0.15, -0.1) is 0 Å². The number of benzene rings is 2. The highest BCUT2D eigenvalue weighted by atomic mass is 16.6. The van der Waals surface area contributed by atoms with E-state index in [0.717, 1.165) is 11.1 Å². The molecule has 2 aromatic rings. The first-order valence-corrected chi connectivity index (χ1v) is 8.43. The van der Waals surface area contributed by atoms with E-state index in [1.54, 1.807) is 38.5 Å². The summed E-state index contributed by atoms with van der Waals surface area (Å²) in [5.41, 5.74) is 10.1. The molecule has 28 heavy (non-hydrogen) atoms. The normalized spacial score (nSPS) is 9.79. The fraction of sp³-hybridized carbons (Fsp3) is 0.250. The molecule has 0 unspecified atom stereocenters. The van der Waals surface area contributed by atoms with E-state index in [1.165, 1.54) is 4.90 Å². The van der Waals surface area contributed by atoms with Crippen LogP contribution in [0.25, 0.3) is 5.53 Å². The number of carbonyl (C=O) groups excluding carboxylic acids is 2. The third-order valence-corrected chi connectivity index (χ3v) is 3.86. The molecule has 0 aliphatic rings. The van der Waals surface area contributed by atoms with Crippen molar-refractivity contribution in [2.75, 3.05) is 20.8 Å². The first-order chi connectivity index (χ1) is 13.5. The Balaban J connectivity index is 2.13. The molecule has 0 spiro atoms. The van der Waals surface area contributed by atoms with Gasteiger partial charge in [0.05, 0.1) is 14.2 Å². The minimum atomic E-state index is -0.661. The fourth-order valence-electron chi connectivity index (χ4n) is 2.41. The largest absolute Gasteiger partial charge is 0.497 e. The molecule has 0 saturated heterocycles. The number of Topliss-reactive ketones (excluding diaryl/α,β-unsaturated/α-hetero) is 1. The van der Waals surface area contributed by atoms with Crippen LogP contribution in [-0.2, 0) is 22.6 Å². The predicted octanol–water partition coefficient (Wildman–Crippen LogP) is 2.71. The van der Waals surface area contributed by atoms with Crippen LogP contribution in [0.15, 0.2) is 48.5 Å². The standard InChI is InChI=1S/C20H21N3O5/c1-26-18-7-3-15(4-8-18)12-23(20(25)28-14-17(24)11-22-21)13-16-5-9-19(27-2)10-6-16/h3-11H,12-14H2,1-2H3. The lowest BCUT2D eigenvalue weighted by atomic mass is 10.1. The van der Waals surface area contributed by atoms with Gasteiger partial charge in [-0.05, 0) is 35.4 Å². The van der Waals surface area contributed by atoms with E-state index in [9.17, 15) is 9.59 Å². The van der Waals surface area contributed by atoms with E-state index in [4.69, 9.17) is 19.7 Å². The molecule has 146 valence electrons. The maximum atomic E-state index is 12.5. The number of ether oxygens (including phenoxy) is 3. The first-order valence-electron chi connectivity index (χ1n) is 8.43. The molecular weight excluding hydrogens is 362 g/mol. The summed E-state index contributed by atoms with van der Waals surface area (Å²) in [7, 11) is 3.16. The van der Waals surface area contributed by atoms with E-state index >= 15 is 0 Å². The van der Waals surface area contributed by atoms with Crippen LogP contribution in [0.4, 0.5) is 4.79 Å². The number of rotatable bonds is 9. The van der Waals surface area contributed by atoms with Gasteiger partial charge in [-0.25, -0.2) is 4.79 Å². The number of hydrogen-bond donors (Lipinski definition) is 0. The second kappa shape index (κ2) is 10.5. The zero-order chi connectivity index (χ0) is 20.4. The third kappa shape index (κ3) is 6.26. The highest BCUT2D eigenvalue weighted by Crippen LogP contribution is 2.17. The van der Waals surface area contributed by atoms with Gasteiger partial charge in [0.25, 0.3) is 5.78 Å². The minimum absolute atomic E-state index is 0.275. The Bertz CT molecular complexity index is 794. The molecule has 8 heteroatoms. The molecule has 2 aromatic carbocycles. The molecular formula is C20H21N3O5. The Kier molecular flexibility index (Phi) is 7.75. The van der Waals surface area contributed by atoms with E-state index in [1.807, 2.05) is 24.3 Å². The van der Waals surface area contributed by atoms with E-state index in [0.29, 0.717) is 17.7 Å². The third-order valence-electron chi connectivity index (χ3n) is 3.86. The Labute approximate surface area is 162 Å². The fourth-order valence-corrected chi connectivity index (χ4v) is 2.41. The highest BCUT2D eigenvalue weighted by molar-refractivity contribution is 6.26. The Morgan fingerprint density at radius 2 is 1.39 bits per heavy atom. The lowest BCUT2D eigenvalue weighted by Crippen LogP contribution is -2.32. The van der Waals surface area contributed by atoms with Crippen LogP contribution in [0.2, 0.25) is 0 Å². The van der Waals surface area contributed by atoms with Gasteiger partial charge in [0.2, 0.25) is 0 Å². The van der Waals surface area contributed by atoms with Crippen molar-refractivity contribution in [3.05, 3.63) is 65.2 Å². The van der Waals surface area contributed by atoms with Gasteiger partial charge in [0.1, 0.15) is 11.5 Å². The quantitative estimate of drug-likeness (QED) is 0.376. The van der Waals surface area contributed by atoms with Gasteiger partial charge < -0.3 is 19.7 Å². The summed E-state index contributed by atoms with van der Waals surface area (Å²) < 4.78 is 15.3. The molecule has 0 aliphatic carbocycles. The number of methoxy groups -OCH3 is 2. The van der Waals surface area contributed by atoms with Crippen LogP contribution >= 0.6 is 0 Å². The van der Waals surface area contributed by atoms with Crippen LogP contribution in [0, 0.1) is 0 Å². The molecule has 0 aromatic heterocycles. The zero-order valence-electron chi connectivity index (χ0n) is 15.7. The molecule has 0 radical (unpaired) electrons. The summed E-state index contributed by atoms with van der Waals surface area (Å²) in [6.07, 6.45) is 0.0243. The van der Waals surface area contributed by atoms with Crippen molar-refractivity contribution in [1.82, 2.24) is 4.90 Å². The molecule has 0 fully saturated rings. The zero-order valence-corrected chi connectivity index (χ0v) is 15.7. The lowest BCUT2D eigenvalue weighted by molar-refractivity contribution is -0.119. The number of nitrogens with zero attached hydrogens (tertiary/aromatic N) is 3. The average Bonchev–Trinajstić information content (AvgIpc) is 2.72. The summed E-state index contributed by atoms with van der Waals surface area (Å²) in [6, 6.07) is 14.6. The number of ketones is 1. The molecule has 2 rings (SSSR count). The van der Waals surface area contributed by atoms with Crippen LogP contribution in [0.3, 0.4) is 0 Å². The smallest absolute Gasteiger partial charge is 0.410 e. The second-order valence-electron chi connectivity index (χ2n) is 5.82. The molecule has 0 bridgehead atoms. The van der Waals surface area contributed by atoms with Crippen molar-refractivity contribution in [3.8, 4) is 11.5 Å².